The van der Waals surface area contributed by atoms with Crippen molar-refractivity contribution in [3.05, 3.63) is 47.0 Å². The number of nitrogens with two attached hydrogens (primary N) is 1. The Bertz CT molecular complexity index is 632. The second kappa shape index (κ2) is 5.77. The molecule has 0 fully saturated rings. The van der Waals surface area contributed by atoms with Gasteiger partial charge in [0.1, 0.15) is 5.82 Å². The molecular formula is C15H19N3O2. The first-order valence-corrected chi connectivity index (χ1v) is 6.49. The maximum Gasteiger partial charge on any atom is 0.338 e. The first kappa shape index (κ1) is 14.1. The molecule has 2 N–H and O–H groups in total. The van der Waals surface area contributed by atoms with Crippen molar-refractivity contribution in [2.24, 2.45) is 7.05 Å². The van der Waals surface area contributed by atoms with E-state index in [1.54, 1.807) is 12.3 Å². The SMILES string of the molecule is Cc1cc(C)c(C(=O)OCCc2nccn2C)cc1N. The average Bonchev–Trinajstić information content (AvgIpc) is 2.79. The predicted molar refractivity (Wildman–Crippen MR) is 77.5 cm³/mol. The molecule has 5 heteroatoms. The molecule has 0 saturated heterocycles. The van der Waals surface area contributed by atoms with E-state index in [2.05, 4.69) is 4.98 Å². The minimum Gasteiger partial charge on any atom is -0.462 e. The van der Waals surface area contributed by atoms with Crippen LogP contribution in [0.1, 0.15) is 27.3 Å². The van der Waals surface area contributed by atoms with Gasteiger partial charge in [-0.15, -0.1) is 0 Å². The molecule has 0 amide bonds. The van der Waals surface area contributed by atoms with Gasteiger partial charge in [-0.25, -0.2) is 9.78 Å². The second-order valence-electron chi connectivity index (χ2n) is 4.86. The standard InChI is InChI=1S/C15H19N3O2/c1-10-8-11(2)13(16)9-12(10)15(19)20-7-4-14-17-5-6-18(14)3/h5-6,8-9H,4,7,16H2,1-3H3. The summed E-state index contributed by atoms with van der Waals surface area (Å²) >= 11 is 0. The third-order valence-electron chi connectivity index (χ3n) is 3.31. The van der Waals surface area contributed by atoms with Crippen molar-refractivity contribution in [3.63, 3.8) is 0 Å². The fourth-order valence-electron chi connectivity index (χ4n) is 2.04. The highest BCUT2D eigenvalue weighted by molar-refractivity contribution is 5.92. The van der Waals surface area contributed by atoms with Gasteiger partial charge in [-0.2, -0.15) is 0 Å². The van der Waals surface area contributed by atoms with Gasteiger partial charge in [-0.05, 0) is 31.0 Å². The van der Waals surface area contributed by atoms with Gasteiger partial charge in [0.25, 0.3) is 0 Å². The zero-order chi connectivity index (χ0) is 14.7. The molecule has 0 aliphatic rings. The third-order valence-corrected chi connectivity index (χ3v) is 3.31. The molecule has 1 aromatic carbocycles. The zero-order valence-corrected chi connectivity index (χ0v) is 12.0. The normalized spacial score (nSPS) is 10.6. The molecule has 0 bridgehead atoms. The summed E-state index contributed by atoms with van der Waals surface area (Å²) in [7, 11) is 1.91. The maximum atomic E-state index is 12.0. The Morgan fingerprint density at radius 2 is 2.10 bits per heavy atom. The molecule has 2 aromatic rings. The van der Waals surface area contributed by atoms with Crippen molar-refractivity contribution in [3.8, 4) is 0 Å². The van der Waals surface area contributed by atoms with Gasteiger partial charge in [0.2, 0.25) is 0 Å². The number of hydrogen-bond donors (Lipinski definition) is 1. The molecule has 0 aliphatic heterocycles. The van der Waals surface area contributed by atoms with Crippen LogP contribution in [0.15, 0.2) is 24.5 Å². The molecule has 2 rings (SSSR count). The Hall–Kier alpha value is -2.30. The Kier molecular flexibility index (Phi) is 4.08. The van der Waals surface area contributed by atoms with Gasteiger partial charge in [0.05, 0.1) is 12.2 Å². The van der Waals surface area contributed by atoms with Crippen LogP contribution in [-0.2, 0) is 18.2 Å². The van der Waals surface area contributed by atoms with Crippen LogP contribution in [0.25, 0.3) is 0 Å². The highest BCUT2D eigenvalue weighted by Crippen LogP contribution is 2.18. The number of imidazole rings is 1. The molecule has 0 unspecified atom stereocenters. The number of aromatic nitrogens is 2. The van der Waals surface area contributed by atoms with E-state index in [4.69, 9.17) is 10.5 Å². The number of nitrogen functional groups attached to an aromatic ring is 1. The number of ether oxygens (including phenoxy) is 1. The van der Waals surface area contributed by atoms with Crippen molar-refractivity contribution in [2.75, 3.05) is 12.3 Å². The Morgan fingerprint density at radius 3 is 2.75 bits per heavy atom. The summed E-state index contributed by atoms with van der Waals surface area (Å²) in [5, 5.41) is 0. The van der Waals surface area contributed by atoms with E-state index in [0.717, 1.165) is 17.0 Å². The highest BCUT2D eigenvalue weighted by atomic mass is 16.5. The molecule has 106 valence electrons. The smallest absolute Gasteiger partial charge is 0.338 e. The van der Waals surface area contributed by atoms with Crippen molar-refractivity contribution in [1.29, 1.82) is 0 Å². The number of aryl methyl sites for hydroxylation is 3. The topological polar surface area (TPSA) is 70.1 Å². The van der Waals surface area contributed by atoms with E-state index in [0.29, 0.717) is 24.3 Å². The van der Waals surface area contributed by atoms with E-state index in [1.165, 1.54) is 0 Å². The molecule has 0 aliphatic carbocycles. The van der Waals surface area contributed by atoms with Crippen LogP contribution in [0, 0.1) is 13.8 Å². The third kappa shape index (κ3) is 2.99. The van der Waals surface area contributed by atoms with Crippen LogP contribution in [0.3, 0.4) is 0 Å². The van der Waals surface area contributed by atoms with Gasteiger partial charge in [0, 0.05) is 31.5 Å². The zero-order valence-electron chi connectivity index (χ0n) is 12.0. The lowest BCUT2D eigenvalue weighted by atomic mass is 10.0. The summed E-state index contributed by atoms with van der Waals surface area (Å²) < 4.78 is 7.19. The van der Waals surface area contributed by atoms with E-state index in [-0.39, 0.29) is 5.97 Å². The van der Waals surface area contributed by atoms with E-state index in [1.807, 2.05) is 37.7 Å². The van der Waals surface area contributed by atoms with E-state index >= 15 is 0 Å². The molecule has 5 nitrogen and oxygen atoms in total. The highest BCUT2D eigenvalue weighted by Gasteiger charge is 2.12. The van der Waals surface area contributed by atoms with Gasteiger partial charge in [0.15, 0.2) is 0 Å². The number of nitrogens with zero attached hydrogens (tertiary/aromatic N) is 2. The van der Waals surface area contributed by atoms with Gasteiger partial charge < -0.3 is 15.0 Å². The van der Waals surface area contributed by atoms with Crippen LogP contribution in [0.4, 0.5) is 5.69 Å². The van der Waals surface area contributed by atoms with Crippen molar-refractivity contribution >= 4 is 11.7 Å². The van der Waals surface area contributed by atoms with E-state index in [9.17, 15) is 4.79 Å². The summed E-state index contributed by atoms with van der Waals surface area (Å²) in [5.41, 5.74) is 8.80. The summed E-state index contributed by atoms with van der Waals surface area (Å²) in [6.07, 6.45) is 4.18. The minimum absolute atomic E-state index is 0.302. The number of rotatable bonds is 4. The van der Waals surface area contributed by atoms with E-state index < -0.39 is 0 Å². The van der Waals surface area contributed by atoms with Crippen molar-refractivity contribution in [1.82, 2.24) is 9.55 Å². The summed E-state index contributed by atoms with van der Waals surface area (Å²) in [6, 6.07) is 3.57. The summed E-state index contributed by atoms with van der Waals surface area (Å²) in [5.74, 6) is 0.543. The minimum atomic E-state index is -0.344. The largest absolute Gasteiger partial charge is 0.462 e. The molecule has 0 saturated carbocycles. The lowest BCUT2D eigenvalue weighted by molar-refractivity contribution is 0.0506. The maximum absolute atomic E-state index is 12.0. The molecule has 0 spiro atoms. The number of carbonyl (C=O) groups excluding carboxylic acids is 1. The fraction of sp³-hybridized carbons (Fsp3) is 0.333. The number of esters is 1. The van der Waals surface area contributed by atoms with Crippen LogP contribution in [0.2, 0.25) is 0 Å². The average molecular weight is 273 g/mol. The fourth-order valence-corrected chi connectivity index (χ4v) is 2.04. The Labute approximate surface area is 118 Å². The number of anilines is 1. The number of carbonyl (C=O) groups is 1. The van der Waals surface area contributed by atoms with Crippen LogP contribution in [-0.4, -0.2) is 22.1 Å². The monoisotopic (exact) mass is 273 g/mol. The molecule has 1 heterocycles. The predicted octanol–water partition coefficient (Wildman–Crippen LogP) is 2.02. The first-order valence-electron chi connectivity index (χ1n) is 6.49. The lowest BCUT2D eigenvalue weighted by Gasteiger charge is -2.09. The summed E-state index contributed by atoms with van der Waals surface area (Å²) in [6.45, 7) is 4.09. The quantitative estimate of drug-likeness (QED) is 0.683. The van der Waals surface area contributed by atoms with Crippen LogP contribution >= 0.6 is 0 Å². The van der Waals surface area contributed by atoms with Crippen LogP contribution in [0.5, 0.6) is 0 Å². The molecular weight excluding hydrogens is 254 g/mol. The van der Waals surface area contributed by atoms with Crippen molar-refractivity contribution in [2.45, 2.75) is 20.3 Å². The van der Waals surface area contributed by atoms with Gasteiger partial charge >= 0.3 is 5.97 Å². The molecule has 0 radical (unpaired) electrons. The van der Waals surface area contributed by atoms with Crippen LogP contribution < -0.4 is 5.73 Å². The molecule has 20 heavy (non-hydrogen) atoms. The van der Waals surface area contributed by atoms with Gasteiger partial charge in [-0.1, -0.05) is 6.07 Å². The molecule has 1 aromatic heterocycles. The van der Waals surface area contributed by atoms with Crippen molar-refractivity contribution < 1.29 is 9.53 Å². The Morgan fingerprint density at radius 1 is 1.35 bits per heavy atom. The number of benzene rings is 1. The summed E-state index contributed by atoms with van der Waals surface area (Å²) in [4.78, 5) is 16.2. The second-order valence-corrected chi connectivity index (χ2v) is 4.86. The van der Waals surface area contributed by atoms with Gasteiger partial charge in [-0.3, -0.25) is 0 Å². The Balaban J connectivity index is 1.99. The molecule has 0 atom stereocenters. The lowest BCUT2D eigenvalue weighted by Crippen LogP contribution is -2.12. The first-order chi connectivity index (χ1) is 9.49. The number of hydrogen-bond acceptors (Lipinski definition) is 4.